The normalized spacial score (nSPS) is 11.5. The van der Waals surface area contributed by atoms with Crippen molar-refractivity contribution in [1.82, 2.24) is 34.5 Å². The summed E-state index contributed by atoms with van der Waals surface area (Å²) in [4.78, 5) is 15.6. The van der Waals surface area contributed by atoms with E-state index in [1.807, 2.05) is 66.9 Å². The van der Waals surface area contributed by atoms with Crippen molar-refractivity contribution in [2.75, 3.05) is 5.73 Å². The summed E-state index contributed by atoms with van der Waals surface area (Å²) in [6.45, 7) is 4.02. The summed E-state index contributed by atoms with van der Waals surface area (Å²) in [5.74, 6) is 1.02. The van der Waals surface area contributed by atoms with E-state index in [-0.39, 0.29) is 12.6 Å². The van der Waals surface area contributed by atoms with Gasteiger partial charge in [-0.2, -0.15) is 15.0 Å². The molecule has 9 heteroatoms. The first kappa shape index (κ1) is 19.8. The maximum Gasteiger partial charge on any atom is 0.165 e. The Balaban J connectivity index is 1.74. The van der Waals surface area contributed by atoms with E-state index >= 15 is 0 Å². The van der Waals surface area contributed by atoms with Crippen LogP contribution in [0.25, 0.3) is 39.6 Å². The number of imidazole rings is 1. The van der Waals surface area contributed by atoms with E-state index in [1.165, 1.54) is 0 Å². The van der Waals surface area contributed by atoms with E-state index in [2.05, 4.69) is 15.2 Å². The molecule has 4 aromatic heterocycles. The van der Waals surface area contributed by atoms with Gasteiger partial charge in [0, 0.05) is 11.9 Å². The van der Waals surface area contributed by atoms with Crippen molar-refractivity contribution in [3.63, 3.8) is 0 Å². The number of nitrogens with zero attached hydrogens (tertiary/aromatic N) is 7. The summed E-state index contributed by atoms with van der Waals surface area (Å²) in [6, 6.07) is 15.3. The van der Waals surface area contributed by atoms with Crippen LogP contribution in [0, 0.1) is 0 Å². The van der Waals surface area contributed by atoms with Gasteiger partial charge in [-0.15, -0.1) is 0 Å². The second-order valence-corrected chi connectivity index (χ2v) is 7.71. The minimum atomic E-state index is -0.0265. The Bertz CT molecular complexity index is 1400. The number of aromatic nitrogens is 7. The molecule has 0 amide bonds. The Morgan fingerprint density at radius 3 is 2.50 bits per heavy atom. The topological polar surface area (TPSA) is 121 Å². The van der Waals surface area contributed by atoms with Crippen molar-refractivity contribution < 1.29 is 5.11 Å². The van der Waals surface area contributed by atoms with Crippen LogP contribution in [-0.4, -0.2) is 39.6 Å². The number of hydrogen-bond acceptors (Lipinski definition) is 7. The van der Waals surface area contributed by atoms with Gasteiger partial charge in [0.1, 0.15) is 17.0 Å². The van der Waals surface area contributed by atoms with Crippen LogP contribution in [0.5, 0.6) is 0 Å². The number of benzene rings is 1. The minimum absolute atomic E-state index is 0.0265. The van der Waals surface area contributed by atoms with Crippen molar-refractivity contribution in [2.45, 2.75) is 26.5 Å². The number of anilines is 1. The van der Waals surface area contributed by atoms with E-state index in [0.29, 0.717) is 34.2 Å². The van der Waals surface area contributed by atoms with Gasteiger partial charge in [0.15, 0.2) is 11.5 Å². The van der Waals surface area contributed by atoms with Gasteiger partial charge in [-0.3, -0.25) is 4.57 Å². The van der Waals surface area contributed by atoms with E-state index in [0.717, 1.165) is 16.8 Å². The number of nitrogen functional groups attached to an aromatic ring is 1. The van der Waals surface area contributed by atoms with Crippen LogP contribution in [0.4, 0.5) is 5.82 Å². The SMILES string of the molecule is CC(C)n1ncc(-c2ccc3nc(-c4cccnc4N)n(-c4ccc(CO)cc4)c3n2)n1. The van der Waals surface area contributed by atoms with Gasteiger partial charge in [-0.25, -0.2) is 15.0 Å². The summed E-state index contributed by atoms with van der Waals surface area (Å²) >= 11 is 0. The zero-order chi connectivity index (χ0) is 22.2. The lowest BCUT2D eigenvalue weighted by Gasteiger charge is -2.11. The zero-order valence-corrected chi connectivity index (χ0v) is 17.7. The molecule has 160 valence electrons. The maximum absolute atomic E-state index is 9.43. The molecule has 0 radical (unpaired) electrons. The van der Waals surface area contributed by atoms with Crippen molar-refractivity contribution in [1.29, 1.82) is 0 Å². The van der Waals surface area contributed by atoms with Gasteiger partial charge in [0.25, 0.3) is 0 Å². The van der Waals surface area contributed by atoms with Gasteiger partial charge in [0.05, 0.1) is 30.1 Å². The molecule has 5 aromatic rings. The van der Waals surface area contributed by atoms with Crippen molar-refractivity contribution in [3.8, 4) is 28.5 Å². The van der Waals surface area contributed by atoms with Gasteiger partial charge in [-0.05, 0) is 55.8 Å². The standard InChI is InChI=1S/C23H22N8O/c1-14(2)31-26-12-20(29-31)18-9-10-19-23(27-18)30(16-7-5-15(13-32)6-8-16)22(28-19)17-4-3-11-25-21(17)24/h3-12,14,32H,13H2,1-2H3,(H2,24,25). The van der Waals surface area contributed by atoms with Crippen LogP contribution in [0.15, 0.2) is 60.9 Å². The first-order valence-electron chi connectivity index (χ1n) is 10.3. The Hall–Kier alpha value is -4.11. The average molecular weight is 426 g/mol. The van der Waals surface area contributed by atoms with Crippen LogP contribution in [0.1, 0.15) is 25.5 Å². The lowest BCUT2D eigenvalue weighted by Crippen LogP contribution is -2.04. The fourth-order valence-electron chi connectivity index (χ4n) is 3.52. The average Bonchev–Trinajstić information content (AvgIpc) is 3.44. The molecular formula is C23H22N8O. The van der Waals surface area contributed by atoms with E-state index in [9.17, 15) is 5.11 Å². The number of aliphatic hydroxyl groups is 1. The molecule has 4 heterocycles. The molecule has 0 fully saturated rings. The quantitative estimate of drug-likeness (QED) is 0.442. The van der Waals surface area contributed by atoms with Gasteiger partial charge >= 0.3 is 0 Å². The molecule has 9 nitrogen and oxygen atoms in total. The Morgan fingerprint density at radius 2 is 1.81 bits per heavy atom. The van der Waals surface area contributed by atoms with Gasteiger partial charge in [0.2, 0.25) is 0 Å². The molecule has 0 aliphatic carbocycles. The van der Waals surface area contributed by atoms with E-state index in [4.69, 9.17) is 15.7 Å². The fraction of sp³-hybridized carbons (Fsp3) is 0.174. The molecule has 0 spiro atoms. The van der Waals surface area contributed by atoms with E-state index in [1.54, 1.807) is 17.2 Å². The zero-order valence-electron chi connectivity index (χ0n) is 17.7. The molecule has 5 rings (SSSR count). The van der Waals surface area contributed by atoms with Crippen molar-refractivity contribution >= 4 is 17.0 Å². The number of pyridine rings is 2. The molecule has 0 aliphatic rings. The van der Waals surface area contributed by atoms with Crippen molar-refractivity contribution in [3.05, 3.63) is 66.5 Å². The molecule has 0 unspecified atom stereocenters. The Labute approximate surface area is 184 Å². The minimum Gasteiger partial charge on any atom is -0.392 e. The number of hydrogen-bond donors (Lipinski definition) is 2. The number of rotatable bonds is 5. The molecule has 0 atom stereocenters. The summed E-state index contributed by atoms with van der Waals surface area (Å²) in [5.41, 5.74) is 11.3. The monoisotopic (exact) mass is 426 g/mol. The molecule has 32 heavy (non-hydrogen) atoms. The second kappa shape index (κ2) is 7.86. The maximum atomic E-state index is 9.43. The van der Waals surface area contributed by atoms with E-state index < -0.39 is 0 Å². The third-order valence-corrected chi connectivity index (χ3v) is 5.19. The Kier molecular flexibility index (Phi) is 4.87. The molecular weight excluding hydrogens is 404 g/mol. The lowest BCUT2D eigenvalue weighted by molar-refractivity contribution is 0.282. The summed E-state index contributed by atoms with van der Waals surface area (Å²) in [5, 5.41) is 18.3. The number of fused-ring (bicyclic) bond motifs is 1. The first-order chi connectivity index (χ1) is 15.5. The van der Waals surface area contributed by atoms with Crippen LogP contribution in [-0.2, 0) is 6.61 Å². The number of aliphatic hydroxyl groups excluding tert-OH is 1. The molecule has 0 saturated heterocycles. The highest BCUT2D eigenvalue weighted by molar-refractivity contribution is 5.84. The third-order valence-electron chi connectivity index (χ3n) is 5.19. The summed E-state index contributed by atoms with van der Waals surface area (Å²) in [7, 11) is 0. The Morgan fingerprint density at radius 1 is 1.00 bits per heavy atom. The number of nitrogens with two attached hydrogens (primary N) is 1. The van der Waals surface area contributed by atoms with Gasteiger partial charge in [-0.1, -0.05) is 12.1 Å². The molecule has 0 bridgehead atoms. The predicted molar refractivity (Wildman–Crippen MR) is 122 cm³/mol. The molecule has 0 aliphatic heterocycles. The highest BCUT2D eigenvalue weighted by Crippen LogP contribution is 2.31. The molecule has 1 aromatic carbocycles. The molecule has 0 saturated carbocycles. The summed E-state index contributed by atoms with van der Waals surface area (Å²) in [6.07, 6.45) is 3.36. The highest BCUT2D eigenvalue weighted by atomic mass is 16.3. The second-order valence-electron chi connectivity index (χ2n) is 7.71. The van der Waals surface area contributed by atoms with Gasteiger partial charge < -0.3 is 10.8 Å². The van der Waals surface area contributed by atoms with Crippen LogP contribution < -0.4 is 5.73 Å². The van der Waals surface area contributed by atoms with Crippen LogP contribution in [0.2, 0.25) is 0 Å². The predicted octanol–water partition coefficient (Wildman–Crippen LogP) is 3.40. The van der Waals surface area contributed by atoms with Crippen LogP contribution >= 0.6 is 0 Å². The van der Waals surface area contributed by atoms with Crippen molar-refractivity contribution in [2.24, 2.45) is 0 Å². The fourth-order valence-corrected chi connectivity index (χ4v) is 3.52. The third kappa shape index (κ3) is 3.38. The smallest absolute Gasteiger partial charge is 0.165 e. The lowest BCUT2D eigenvalue weighted by atomic mass is 10.2. The summed E-state index contributed by atoms with van der Waals surface area (Å²) < 4.78 is 1.94. The highest BCUT2D eigenvalue weighted by Gasteiger charge is 2.19. The molecule has 3 N–H and O–H groups in total. The van der Waals surface area contributed by atoms with Crippen LogP contribution in [0.3, 0.4) is 0 Å². The first-order valence-corrected chi connectivity index (χ1v) is 10.3. The largest absolute Gasteiger partial charge is 0.392 e.